The topological polar surface area (TPSA) is 0 Å². The molecule has 0 bridgehead atoms. The fraction of sp³-hybridized carbons (Fsp3) is 0.0400. The van der Waals surface area contributed by atoms with Crippen molar-refractivity contribution in [1.82, 2.24) is 0 Å². The Morgan fingerprint density at radius 1 is 0.333 bits per heavy atom. The van der Waals surface area contributed by atoms with Crippen molar-refractivity contribution in [2.75, 3.05) is 0 Å². The van der Waals surface area contributed by atoms with E-state index in [9.17, 15) is 0 Å². The van der Waals surface area contributed by atoms with Gasteiger partial charge in [0.25, 0.3) is 0 Å². The molecule has 0 atom stereocenters. The molecule has 0 amide bonds. The van der Waals surface area contributed by atoms with Crippen molar-refractivity contribution in [3.63, 3.8) is 0 Å². The van der Waals surface area contributed by atoms with Crippen molar-refractivity contribution in [1.29, 1.82) is 0 Å². The van der Waals surface area contributed by atoms with Crippen LogP contribution >= 0.6 is 0 Å². The van der Waals surface area contributed by atoms with E-state index in [-0.39, 0.29) is 0 Å². The Morgan fingerprint density at radius 2 is 0.556 bits per heavy atom. The van der Waals surface area contributed by atoms with Gasteiger partial charge in [-0.15, -0.1) is 0 Å². The van der Waals surface area contributed by atoms with Crippen molar-refractivity contribution in [3.05, 3.63) is 121 Å². The van der Waals surface area contributed by atoms with Crippen LogP contribution in [0.2, 0.25) is 2.45 Å². The third-order valence-electron chi connectivity index (χ3n) is 5.28. The molecule has 2 heteroatoms. The summed E-state index contributed by atoms with van der Waals surface area (Å²) in [6.07, 6.45) is 0. The quantitative estimate of drug-likeness (QED) is 0.318. The third-order valence-corrected chi connectivity index (χ3v) is 39.6. The molecule has 0 saturated heterocycles. The zero-order valence-electron chi connectivity index (χ0n) is 15.4. The molecule has 27 heavy (non-hydrogen) atoms. The standard InChI is InChI=1S/4C6H5.CH2.2Sn.2H/c4*1-2-4-6-5-3-1;;;;;/h4*1-5H;1H2;;;;. The van der Waals surface area contributed by atoms with Crippen LogP contribution in [0.1, 0.15) is 0 Å². The molecule has 0 radical (unpaired) electrons. The molecular formula is C25H24Sn2. The summed E-state index contributed by atoms with van der Waals surface area (Å²) >= 11 is -4.26. The Bertz CT molecular complexity index is 778. The van der Waals surface area contributed by atoms with Crippen LogP contribution < -0.4 is 14.3 Å². The zero-order valence-corrected chi connectivity index (χ0v) is 22.0. The number of rotatable bonds is 6. The molecule has 4 rings (SSSR count). The molecule has 0 spiro atoms. The van der Waals surface area contributed by atoms with Crippen LogP contribution in [0.4, 0.5) is 0 Å². The maximum atomic E-state index is 2.38. The van der Waals surface area contributed by atoms with Crippen LogP contribution in [-0.4, -0.2) is 39.5 Å². The molecule has 4 aromatic rings. The molecular weight excluding hydrogens is 538 g/mol. The van der Waals surface area contributed by atoms with E-state index in [0.29, 0.717) is 0 Å². The Morgan fingerprint density at radius 3 is 0.778 bits per heavy atom. The van der Waals surface area contributed by atoms with E-state index in [0.717, 1.165) is 0 Å². The zero-order chi connectivity index (χ0) is 18.3. The molecule has 0 fully saturated rings. The first-order valence-corrected chi connectivity index (χ1v) is 20.9. The fourth-order valence-corrected chi connectivity index (χ4v) is 48.3. The first-order chi connectivity index (χ1) is 13.4. The average molecular weight is 562 g/mol. The summed E-state index contributed by atoms with van der Waals surface area (Å²) < 4.78 is 8.02. The monoisotopic (exact) mass is 564 g/mol. The molecule has 0 heterocycles. The third kappa shape index (κ3) is 4.85. The molecule has 0 aromatic heterocycles. The molecule has 0 aliphatic heterocycles. The predicted molar refractivity (Wildman–Crippen MR) is 123 cm³/mol. The van der Waals surface area contributed by atoms with Crippen LogP contribution in [-0.2, 0) is 0 Å². The van der Waals surface area contributed by atoms with E-state index in [1.807, 2.05) is 0 Å². The van der Waals surface area contributed by atoms with Gasteiger partial charge >= 0.3 is 178 Å². The fourth-order valence-electron chi connectivity index (χ4n) is 3.91. The Kier molecular flexibility index (Phi) is 6.70. The summed E-state index contributed by atoms with van der Waals surface area (Å²) in [5.41, 5.74) is 0. The minimum absolute atomic E-state index is 1.46. The normalized spacial score (nSPS) is 11.0. The molecule has 0 aliphatic rings. The SMILES string of the molecule is c1cc[c]([SnH]([CH2][SnH]([c]2ccccc2)[c]2ccccc2)[c]2ccccc2)cc1. The molecule has 0 N–H and O–H groups in total. The van der Waals surface area contributed by atoms with Gasteiger partial charge in [-0.3, -0.25) is 0 Å². The van der Waals surface area contributed by atoms with Crippen LogP contribution in [0.25, 0.3) is 0 Å². The van der Waals surface area contributed by atoms with Gasteiger partial charge in [0.05, 0.1) is 0 Å². The van der Waals surface area contributed by atoms with Gasteiger partial charge in [-0.2, -0.15) is 0 Å². The van der Waals surface area contributed by atoms with E-state index in [2.05, 4.69) is 121 Å². The number of hydrogen-bond acceptors (Lipinski definition) is 0. The Labute approximate surface area is 176 Å². The van der Waals surface area contributed by atoms with Gasteiger partial charge < -0.3 is 0 Å². The van der Waals surface area contributed by atoms with Crippen LogP contribution in [0.15, 0.2) is 121 Å². The molecule has 0 unspecified atom stereocenters. The summed E-state index contributed by atoms with van der Waals surface area (Å²) in [6.45, 7) is 0. The van der Waals surface area contributed by atoms with Gasteiger partial charge in [-0.05, 0) is 0 Å². The molecule has 0 aliphatic carbocycles. The van der Waals surface area contributed by atoms with Gasteiger partial charge in [-0.1, -0.05) is 0 Å². The van der Waals surface area contributed by atoms with E-state index in [4.69, 9.17) is 0 Å². The van der Waals surface area contributed by atoms with Gasteiger partial charge in [0, 0.05) is 0 Å². The molecule has 132 valence electrons. The van der Waals surface area contributed by atoms with Gasteiger partial charge in [0.15, 0.2) is 0 Å². The Hall–Kier alpha value is -1.52. The second-order valence-electron chi connectivity index (χ2n) is 6.98. The first-order valence-electron chi connectivity index (χ1n) is 9.61. The summed E-state index contributed by atoms with van der Waals surface area (Å²) in [5, 5.41) is 0. The molecule has 0 nitrogen and oxygen atoms in total. The summed E-state index contributed by atoms with van der Waals surface area (Å²) in [4.78, 5) is 0. The van der Waals surface area contributed by atoms with Crippen LogP contribution in [0.3, 0.4) is 0 Å². The van der Waals surface area contributed by atoms with E-state index < -0.39 is 39.5 Å². The van der Waals surface area contributed by atoms with E-state index in [1.54, 1.807) is 14.3 Å². The van der Waals surface area contributed by atoms with Gasteiger partial charge in [0.1, 0.15) is 0 Å². The maximum absolute atomic E-state index is 2.38. The second kappa shape index (κ2) is 9.61. The van der Waals surface area contributed by atoms with Crippen molar-refractivity contribution in [2.24, 2.45) is 0 Å². The van der Waals surface area contributed by atoms with Crippen molar-refractivity contribution in [2.45, 2.75) is 2.45 Å². The number of benzene rings is 4. The van der Waals surface area contributed by atoms with Crippen LogP contribution in [0, 0.1) is 0 Å². The van der Waals surface area contributed by atoms with Crippen molar-refractivity contribution in [3.8, 4) is 0 Å². The van der Waals surface area contributed by atoms with Gasteiger partial charge in [0.2, 0.25) is 0 Å². The van der Waals surface area contributed by atoms with Gasteiger partial charge in [-0.25, -0.2) is 0 Å². The Balaban J connectivity index is 1.77. The molecule has 0 saturated carbocycles. The van der Waals surface area contributed by atoms with Crippen LogP contribution in [0.5, 0.6) is 0 Å². The van der Waals surface area contributed by atoms with E-state index >= 15 is 0 Å². The van der Waals surface area contributed by atoms with E-state index in [1.165, 1.54) is 2.45 Å². The number of hydrogen-bond donors (Lipinski definition) is 0. The summed E-state index contributed by atoms with van der Waals surface area (Å²) in [6, 6.07) is 45.4. The van der Waals surface area contributed by atoms with Crippen molar-refractivity contribution >= 4 is 53.8 Å². The minimum atomic E-state index is -2.13. The summed E-state index contributed by atoms with van der Waals surface area (Å²) in [5.74, 6) is 0. The predicted octanol–water partition coefficient (Wildman–Crippen LogP) is 2.61. The second-order valence-corrected chi connectivity index (χ2v) is 31.3. The average Bonchev–Trinajstić information content (AvgIpc) is 2.77. The molecule has 4 aromatic carbocycles. The first kappa shape index (κ1) is 18.8. The van der Waals surface area contributed by atoms with Crippen molar-refractivity contribution < 1.29 is 0 Å². The summed E-state index contributed by atoms with van der Waals surface area (Å²) in [7, 11) is 0.